The van der Waals surface area contributed by atoms with Gasteiger partial charge in [-0.1, -0.05) is 91.0 Å². The molecular formula is C33H42N2O2. The molecule has 0 radical (unpaired) electrons. The maximum absolute atomic E-state index is 13.3. The van der Waals surface area contributed by atoms with Crippen molar-refractivity contribution in [1.82, 2.24) is 9.80 Å². The Balaban J connectivity index is 1.70. The molecule has 3 aromatic carbocycles. The molecule has 3 aromatic rings. The molecule has 0 bridgehead atoms. The van der Waals surface area contributed by atoms with Gasteiger partial charge in [-0.2, -0.15) is 0 Å². The number of carbonyl (C=O) groups excluding carboxylic acids is 1. The molecule has 196 valence electrons. The lowest BCUT2D eigenvalue weighted by atomic mass is 9.95. The van der Waals surface area contributed by atoms with Crippen molar-refractivity contribution in [2.75, 3.05) is 6.54 Å². The monoisotopic (exact) mass is 498 g/mol. The van der Waals surface area contributed by atoms with E-state index in [2.05, 4.69) is 108 Å². The van der Waals surface area contributed by atoms with Crippen LogP contribution in [-0.4, -0.2) is 40.0 Å². The summed E-state index contributed by atoms with van der Waals surface area (Å²) in [5.74, 6) is -0.123. The van der Waals surface area contributed by atoms with Crippen molar-refractivity contribution in [3.63, 3.8) is 0 Å². The highest BCUT2D eigenvalue weighted by Gasteiger charge is 2.39. The first kappa shape index (κ1) is 27.1. The van der Waals surface area contributed by atoms with E-state index in [1.807, 2.05) is 20.8 Å². The van der Waals surface area contributed by atoms with Crippen LogP contribution in [0.5, 0.6) is 0 Å². The maximum Gasteiger partial charge on any atom is 0.307 e. The zero-order valence-corrected chi connectivity index (χ0v) is 22.8. The van der Waals surface area contributed by atoms with Gasteiger partial charge in [-0.25, -0.2) is 0 Å². The van der Waals surface area contributed by atoms with Gasteiger partial charge in [0, 0.05) is 31.2 Å². The quantitative estimate of drug-likeness (QED) is 0.281. The van der Waals surface area contributed by atoms with Gasteiger partial charge in [0.15, 0.2) is 0 Å². The number of esters is 1. The Kier molecular flexibility index (Phi) is 9.18. The molecule has 0 amide bonds. The first-order valence-corrected chi connectivity index (χ1v) is 13.6. The smallest absolute Gasteiger partial charge is 0.307 e. The Morgan fingerprint density at radius 1 is 0.919 bits per heavy atom. The van der Waals surface area contributed by atoms with Crippen molar-refractivity contribution >= 4 is 5.97 Å². The van der Waals surface area contributed by atoms with Gasteiger partial charge in [0.05, 0.1) is 6.42 Å². The summed E-state index contributed by atoms with van der Waals surface area (Å²) in [6, 6.07) is 32.4. The summed E-state index contributed by atoms with van der Waals surface area (Å²) in [6.45, 7) is 10.8. The second-order valence-electron chi connectivity index (χ2n) is 11.3. The van der Waals surface area contributed by atoms with Crippen LogP contribution in [0.3, 0.4) is 0 Å². The Morgan fingerprint density at radius 2 is 1.49 bits per heavy atom. The average Bonchev–Trinajstić information content (AvgIpc) is 3.34. The summed E-state index contributed by atoms with van der Waals surface area (Å²) in [4.78, 5) is 18.5. The van der Waals surface area contributed by atoms with Crippen molar-refractivity contribution in [1.29, 1.82) is 0 Å². The van der Waals surface area contributed by atoms with Crippen LogP contribution in [0.2, 0.25) is 0 Å². The minimum atomic E-state index is -0.504. The van der Waals surface area contributed by atoms with Crippen molar-refractivity contribution in [2.45, 2.75) is 83.8 Å². The van der Waals surface area contributed by atoms with E-state index < -0.39 is 5.60 Å². The third-order valence-electron chi connectivity index (χ3n) is 7.30. The molecule has 0 aromatic heterocycles. The lowest BCUT2D eigenvalue weighted by Crippen LogP contribution is -2.51. The summed E-state index contributed by atoms with van der Waals surface area (Å²) < 4.78 is 5.88. The second-order valence-corrected chi connectivity index (χ2v) is 11.3. The van der Waals surface area contributed by atoms with Gasteiger partial charge in [-0.15, -0.1) is 0 Å². The van der Waals surface area contributed by atoms with Gasteiger partial charge in [-0.05, 0) is 63.8 Å². The number of benzene rings is 3. The molecule has 1 aliphatic heterocycles. The van der Waals surface area contributed by atoms with E-state index in [1.54, 1.807) is 0 Å². The molecule has 0 spiro atoms. The predicted octanol–water partition coefficient (Wildman–Crippen LogP) is 7.01. The van der Waals surface area contributed by atoms with Crippen LogP contribution in [-0.2, 0) is 22.6 Å². The first-order valence-electron chi connectivity index (χ1n) is 13.6. The lowest BCUT2D eigenvalue weighted by molar-refractivity contribution is -0.157. The number of hydrogen-bond acceptors (Lipinski definition) is 4. The number of nitrogens with zero attached hydrogens (tertiary/aromatic N) is 2. The highest BCUT2D eigenvalue weighted by molar-refractivity contribution is 5.70. The molecule has 1 saturated heterocycles. The molecule has 1 heterocycles. The Hall–Kier alpha value is -2.95. The number of rotatable bonds is 10. The number of hydrogen-bond donors (Lipinski definition) is 0. The van der Waals surface area contributed by atoms with Gasteiger partial charge < -0.3 is 4.74 Å². The molecule has 3 atom stereocenters. The molecule has 0 N–H and O–H groups in total. The average molecular weight is 499 g/mol. The minimum absolute atomic E-state index is 0.0245. The minimum Gasteiger partial charge on any atom is -0.460 e. The molecule has 0 saturated carbocycles. The van der Waals surface area contributed by atoms with Crippen LogP contribution in [0.1, 0.15) is 69.7 Å². The van der Waals surface area contributed by atoms with E-state index in [4.69, 9.17) is 4.74 Å². The highest BCUT2D eigenvalue weighted by Crippen LogP contribution is 2.34. The standard InChI is InChI=1S/C33H42N2O2/c1-26(29-19-12-7-13-20-29)35(25-28-17-10-6-11-18-28)31(23-32(36)37-33(2,3)4)30-21-14-22-34(30)24-27-15-8-5-9-16-27/h5-13,15-20,26,30-31H,14,21-25H2,1-4H3. The molecule has 37 heavy (non-hydrogen) atoms. The van der Waals surface area contributed by atoms with Gasteiger partial charge in [0.2, 0.25) is 0 Å². The van der Waals surface area contributed by atoms with Crippen LogP contribution in [0, 0.1) is 0 Å². The fourth-order valence-corrected chi connectivity index (χ4v) is 5.59. The predicted molar refractivity (Wildman–Crippen MR) is 151 cm³/mol. The van der Waals surface area contributed by atoms with Gasteiger partial charge in [0.25, 0.3) is 0 Å². The third kappa shape index (κ3) is 7.77. The fraction of sp³-hybridized carbons (Fsp3) is 0.424. The molecule has 0 aliphatic carbocycles. The van der Waals surface area contributed by atoms with Crippen LogP contribution in [0.25, 0.3) is 0 Å². The molecule has 4 rings (SSSR count). The van der Waals surface area contributed by atoms with Crippen molar-refractivity contribution in [3.8, 4) is 0 Å². The fourth-order valence-electron chi connectivity index (χ4n) is 5.59. The highest BCUT2D eigenvalue weighted by atomic mass is 16.6. The maximum atomic E-state index is 13.3. The SMILES string of the molecule is CC(c1ccccc1)N(Cc1ccccc1)C(CC(=O)OC(C)(C)C)C1CCCN1Cc1ccccc1. The van der Waals surface area contributed by atoms with E-state index in [0.29, 0.717) is 6.42 Å². The van der Waals surface area contributed by atoms with Crippen LogP contribution < -0.4 is 0 Å². The van der Waals surface area contributed by atoms with Crippen molar-refractivity contribution in [3.05, 3.63) is 108 Å². The molecule has 1 aliphatic rings. The molecule has 4 nitrogen and oxygen atoms in total. The summed E-state index contributed by atoms with van der Waals surface area (Å²) in [7, 11) is 0. The third-order valence-corrected chi connectivity index (χ3v) is 7.30. The van der Waals surface area contributed by atoms with Crippen LogP contribution in [0.15, 0.2) is 91.0 Å². The zero-order valence-electron chi connectivity index (χ0n) is 22.8. The molecular weight excluding hydrogens is 456 g/mol. The van der Waals surface area contributed by atoms with Gasteiger partial charge >= 0.3 is 5.97 Å². The topological polar surface area (TPSA) is 32.8 Å². The summed E-state index contributed by atoms with van der Waals surface area (Å²) in [6.07, 6.45) is 2.59. The summed E-state index contributed by atoms with van der Waals surface area (Å²) >= 11 is 0. The molecule has 3 unspecified atom stereocenters. The number of likely N-dealkylation sites (tertiary alicyclic amines) is 1. The van der Waals surface area contributed by atoms with Gasteiger partial charge in [0.1, 0.15) is 5.60 Å². The van der Waals surface area contributed by atoms with E-state index >= 15 is 0 Å². The normalized spacial score (nSPS) is 18.0. The largest absolute Gasteiger partial charge is 0.460 e. The van der Waals surface area contributed by atoms with E-state index in [0.717, 1.165) is 32.5 Å². The summed E-state index contributed by atoms with van der Waals surface area (Å²) in [5.41, 5.74) is 3.33. The van der Waals surface area contributed by atoms with E-state index in [1.165, 1.54) is 16.7 Å². The van der Waals surface area contributed by atoms with Crippen molar-refractivity contribution < 1.29 is 9.53 Å². The zero-order chi connectivity index (χ0) is 26.3. The lowest BCUT2D eigenvalue weighted by Gasteiger charge is -2.42. The van der Waals surface area contributed by atoms with E-state index in [9.17, 15) is 4.79 Å². The molecule has 4 heteroatoms. The Bertz CT molecular complexity index is 1100. The Morgan fingerprint density at radius 3 is 2.08 bits per heavy atom. The number of ether oxygens (including phenoxy) is 1. The van der Waals surface area contributed by atoms with E-state index in [-0.39, 0.29) is 24.1 Å². The second kappa shape index (κ2) is 12.5. The molecule has 1 fully saturated rings. The van der Waals surface area contributed by atoms with Crippen molar-refractivity contribution in [2.24, 2.45) is 0 Å². The number of carbonyl (C=O) groups is 1. The van der Waals surface area contributed by atoms with Gasteiger partial charge in [-0.3, -0.25) is 14.6 Å². The van der Waals surface area contributed by atoms with Crippen LogP contribution in [0.4, 0.5) is 0 Å². The first-order chi connectivity index (χ1) is 17.8. The Labute approximate surface area is 223 Å². The summed E-state index contributed by atoms with van der Waals surface area (Å²) in [5, 5.41) is 0. The van der Waals surface area contributed by atoms with Crippen LogP contribution >= 0.6 is 0 Å².